The first kappa shape index (κ1) is 13.7. The highest BCUT2D eigenvalue weighted by molar-refractivity contribution is 6.08. The molecule has 0 radical (unpaired) electrons. The van der Waals surface area contributed by atoms with E-state index in [1.165, 1.54) is 32.7 Å². The molecule has 0 saturated carbocycles. The van der Waals surface area contributed by atoms with E-state index in [-0.39, 0.29) is 0 Å². The van der Waals surface area contributed by atoms with Crippen LogP contribution >= 0.6 is 0 Å². The van der Waals surface area contributed by atoms with Crippen molar-refractivity contribution in [1.82, 2.24) is 9.97 Å². The van der Waals surface area contributed by atoms with E-state index in [1.807, 2.05) is 18.5 Å². The zero-order valence-electron chi connectivity index (χ0n) is 13.4. The summed E-state index contributed by atoms with van der Waals surface area (Å²) in [6.07, 6.45) is 7.00. The van der Waals surface area contributed by atoms with Crippen molar-refractivity contribution in [3.63, 3.8) is 0 Å². The normalized spacial score (nSPS) is 17.1. The summed E-state index contributed by atoms with van der Waals surface area (Å²) in [6, 6.07) is 19.7. The minimum atomic E-state index is 0.427. The van der Waals surface area contributed by atoms with Gasteiger partial charge in [0.1, 0.15) is 5.82 Å². The third kappa shape index (κ3) is 2.10. The first-order valence-electron chi connectivity index (χ1n) is 8.59. The lowest BCUT2D eigenvalue weighted by molar-refractivity contribution is 0.557. The van der Waals surface area contributed by atoms with E-state index in [9.17, 15) is 0 Å². The fourth-order valence-electron chi connectivity index (χ4n) is 4.09. The van der Waals surface area contributed by atoms with Crippen LogP contribution in [0.1, 0.15) is 29.3 Å². The van der Waals surface area contributed by atoms with Crippen molar-refractivity contribution in [2.45, 2.75) is 25.2 Å². The number of rotatable bonds is 1. The number of hydrogen-bond donors (Lipinski definition) is 0. The molecule has 0 aliphatic heterocycles. The molecular weight excluding hydrogens is 292 g/mol. The van der Waals surface area contributed by atoms with Crippen molar-refractivity contribution in [3.05, 3.63) is 83.9 Å². The summed E-state index contributed by atoms with van der Waals surface area (Å²) in [7, 11) is 0. The Morgan fingerprint density at radius 3 is 2.50 bits per heavy atom. The molecule has 0 saturated heterocycles. The van der Waals surface area contributed by atoms with Gasteiger partial charge >= 0.3 is 0 Å². The molecule has 24 heavy (non-hydrogen) atoms. The molecule has 1 aromatic heterocycles. The summed E-state index contributed by atoms with van der Waals surface area (Å²) < 4.78 is 0. The summed E-state index contributed by atoms with van der Waals surface area (Å²) in [4.78, 5) is 8.99. The standard InChI is InChI=1S/C22H18N2/c1-2-5-18-15(4-1)8-11-20-19(18)10-9-16-6-7-17(14-21(16)20)22-23-12-3-13-24-22/h1-5,8-13,17H,6-7,14H2. The average molecular weight is 310 g/mol. The Kier molecular flexibility index (Phi) is 3.08. The van der Waals surface area contributed by atoms with Gasteiger partial charge in [-0.25, -0.2) is 9.97 Å². The molecule has 4 aromatic rings. The van der Waals surface area contributed by atoms with E-state index in [0.29, 0.717) is 5.92 Å². The van der Waals surface area contributed by atoms with Crippen LogP contribution < -0.4 is 0 Å². The largest absolute Gasteiger partial charge is 0.241 e. The lowest BCUT2D eigenvalue weighted by atomic mass is 9.80. The van der Waals surface area contributed by atoms with Gasteiger partial charge < -0.3 is 0 Å². The quantitative estimate of drug-likeness (QED) is 0.459. The Bertz CT molecular complexity index is 1040. The van der Waals surface area contributed by atoms with Crippen LogP contribution in [0.3, 0.4) is 0 Å². The fourth-order valence-corrected chi connectivity index (χ4v) is 4.09. The highest BCUT2D eigenvalue weighted by Gasteiger charge is 2.23. The van der Waals surface area contributed by atoms with Gasteiger partial charge in [-0.1, -0.05) is 48.5 Å². The van der Waals surface area contributed by atoms with Gasteiger partial charge in [-0.15, -0.1) is 0 Å². The summed E-state index contributed by atoms with van der Waals surface area (Å²) in [5, 5.41) is 5.41. The van der Waals surface area contributed by atoms with Crippen LogP contribution in [0.2, 0.25) is 0 Å². The Morgan fingerprint density at radius 2 is 1.58 bits per heavy atom. The van der Waals surface area contributed by atoms with E-state index in [1.54, 1.807) is 0 Å². The molecule has 2 heteroatoms. The van der Waals surface area contributed by atoms with Crippen LogP contribution in [0.15, 0.2) is 67.0 Å². The molecule has 5 rings (SSSR count). The first-order chi connectivity index (χ1) is 11.9. The monoisotopic (exact) mass is 310 g/mol. The Hall–Kier alpha value is -2.74. The van der Waals surface area contributed by atoms with Crippen molar-refractivity contribution in [2.24, 2.45) is 0 Å². The number of nitrogens with zero attached hydrogens (tertiary/aromatic N) is 2. The second-order valence-electron chi connectivity index (χ2n) is 6.63. The fraction of sp³-hybridized carbons (Fsp3) is 0.182. The summed E-state index contributed by atoms with van der Waals surface area (Å²) in [6.45, 7) is 0. The van der Waals surface area contributed by atoms with Gasteiger partial charge in [-0.3, -0.25) is 0 Å². The molecule has 3 aromatic carbocycles. The Labute approximate surface area is 141 Å². The van der Waals surface area contributed by atoms with Crippen molar-refractivity contribution >= 4 is 21.5 Å². The zero-order chi connectivity index (χ0) is 15.9. The Morgan fingerprint density at radius 1 is 0.750 bits per heavy atom. The third-order valence-corrected chi connectivity index (χ3v) is 5.30. The molecule has 0 N–H and O–H groups in total. The van der Waals surface area contributed by atoms with E-state index in [4.69, 9.17) is 0 Å². The third-order valence-electron chi connectivity index (χ3n) is 5.30. The summed E-state index contributed by atoms with van der Waals surface area (Å²) in [5.74, 6) is 1.41. The van der Waals surface area contributed by atoms with Gasteiger partial charge in [0.15, 0.2) is 0 Å². The number of aryl methyl sites for hydroxylation is 1. The maximum absolute atomic E-state index is 4.49. The van der Waals surface area contributed by atoms with Gasteiger partial charge in [0.05, 0.1) is 0 Å². The predicted molar refractivity (Wildman–Crippen MR) is 98.3 cm³/mol. The smallest absolute Gasteiger partial charge is 0.131 e. The van der Waals surface area contributed by atoms with Gasteiger partial charge in [0.25, 0.3) is 0 Å². The number of hydrogen-bond acceptors (Lipinski definition) is 2. The molecule has 1 heterocycles. The Balaban J connectivity index is 1.69. The van der Waals surface area contributed by atoms with Crippen LogP contribution in [0, 0.1) is 0 Å². The minimum Gasteiger partial charge on any atom is -0.241 e. The van der Waals surface area contributed by atoms with Crippen molar-refractivity contribution < 1.29 is 0 Å². The molecule has 1 aliphatic rings. The first-order valence-corrected chi connectivity index (χ1v) is 8.59. The molecule has 116 valence electrons. The van der Waals surface area contributed by atoms with Crippen LogP contribution in [0.25, 0.3) is 21.5 Å². The number of aromatic nitrogens is 2. The van der Waals surface area contributed by atoms with E-state index >= 15 is 0 Å². The van der Waals surface area contributed by atoms with Gasteiger partial charge in [-0.2, -0.15) is 0 Å². The second kappa shape index (κ2) is 5.41. The van der Waals surface area contributed by atoms with Crippen LogP contribution in [0.4, 0.5) is 0 Å². The maximum Gasteiger partial charge on any atom is 0.131 e. The van der Waals surface area contributed by atoms with Crippen LogP contribution in [-0.2, 0) is 12.8 Å². The summed E-state index contributed by atoms with van der Waals surface area (Å²) in [5.41, 5.74) is 2.98. The minimum absolute atomic E-state index is 0.427. The van der Waals surface area contributed by atoms with Crippen molar-refractivity contribution in [3.8, 4) is 0 Å². The van der Waals surface area contributed by atoms with E-state index in [2.05, 4.69) is 58.5 Å². The van der Waals surface area contributed by atoms with Crippen LogP contribution in [-0.4, -0.2) is 9.97 Å². The van der Waals surface area contributed by atoms with Gasteiger partial charge in [-0.05, 0) is 58.0 Å². The summed E-state index contributed by atoms with van der Waals surface area (Å²) >= 11 is 0. The molecule has 2 nitrogen and oxygen atoms in total. The molecule has 1 atom stereocenters. The predicted octanol–water partition coefficient (Wildman–Crippen LogP) is 5.06. The SMILES string of the molecule is c1cnc(C2CCc3ccc4c(ccc5ccccc54)c3C2)nc1. The van der Waals surface area contributed by atoms with Crippen molar-refractivity contribution in [2.75, 3.05) is 0 Å². The highest BCUT2D eigenvalue weighted by Crippen LogP contribution is 2.37. The molecule has 0 bridgehead atoms. The number of fused-ring (bicyclic) bond motifs is 5. The molecule has 1 aliphatic carbocycles. The highest BCUT2D eigenvalue weighted by atomic mass is 14.9. The van der Waals surface area contributed by atoms with E-state index < -0.39 is 0 Å². The van der Waals surface area contributed by atoms with E-state index in [0.717, 1.165) is 25.1 Å². The molecule has 0 fully saturated rings. The second-order valence-corrected chi connectivity index (χ2v) is 6.63. The molecule has 1 unspecified atom stereocenters. The zero-order valence-corrected chi connectivity index (χ0v) is 13.4. The van der Waals surface area contributed by atoms with Gasteiger partial charge in [0.2, 0.25) is 0 Å². The molecular formula is C22H18N2. The lowest BCUT2D eigenvalue weighted by Crippen LogP contribution is -2.15. The van der Waals surface area contributed by atoms with Crippen LogP contribution in [0.5, 0.6) is 0 Å². The molecule has 0 spiro atoms. The van der Waals surface area contributed by atoms with Gasteiger partial charge in [0, 0.05) is 18.3 Å². The topological polar surface area (TPSA) is 25.8 Å². The number of benzene rings is 3. The lowest BCUT2D eigenvalue weighted by Gasteiger charge is -2.25. The average Bonchev–Trinajstić information content (AvgIpc) is 2.67. The maximum atomic E-state index is 4.49. The molecule has 0 amide bonds. The van der Waals surface area contributed by atoms with Crippen molar-refractivity contribution in [1.29, 1.82) is 0 Å².